The normalized spacial score (nSPS) is 21.6. The van der Waals surface area contributed by atoms with Crippen molar-refractivity contribution in [2.45, 2.75) is 6.92 Å². The first-order valence-corrected chi connectivity index (χ1v) is 2.57. The maximum Gasteiger partial charge on any atom is 0.0817 e. The summed E-state index contributed by atoms with van der Waals surface area (Å²) in [5.74, 6) is 0.821. The van der Waals surface area contributed by atoms with Crippen molar-refractivity contribution >= 4 is 6.34 Å². The molecule has 0 radical (unpaired) electrons. The zero-order valence-corrected chi connectivity index (χ0v) is 4.52. The first-order valence-electron chi connectivity index (χ1n) is 2.57. The summed E-state index contributed by atoms with van der Waals surface area (Å²) in [6, 6.07) is 0. The first kappa shape index (κ1) is 4.62. The maximum atomic E-state index is 6.75. The minimum absolute atomic E-state index is 0.821. The molecule has 0 aromatic carbocycles. The van der Waals surface area contributed by atoms with Crippen molar-refractivity contribution < 1.29 is 0 Å². The SMILES string of the molecule is CC1CN(C=N)C1. The third kappa shape index (κ3) is 0.734. The molecule has 1 N–H and O–H groups in total. The van der Waals surface area contributed by atoms with E-state index in [2.05, 4.69) is 6.92 Å². The average molecular weight is 98.1 g/mol. The minimum Gasteiger partial charge on any atom is -0.362 e. The Kier molecular flexibility index (Phi) is 1.01. The number of hydrogen-bond donors (Lipinski definition) is 1. The van der Waals surface area contributed by atoms with E-state index in [1.807, 2.05) is 4.90 Å². The Morgan fingerprint density at radius 1 is 1.71 bits per heavy atom. The summed E-state index contributed by atoms with van der Waals surface area (Å²) in [5.41, 5.74) is 0. The highest BCUT2D eigenvalue weighted by Gasteiger charge is 2.18. The van der Waals surface area contributed by atoms with E-state index in [9.17, 15) is 0 Å². The van der Waals surface area contributed by atoms with E-state index in [4.69, 9.17) is 5.41 Å². The molecule has 0 bridgehead atoms. The number of nitrogens with one attached hydrogen (secondary N) is 1. The Morgan fingerprint density at radius 3 is 2.43 bits per heavy atom. The van der Waals surface area contributed by atoms with Crippen LogP contribution in [0, 0.1) is 11.3 Å². The molecule has 1 heterocycles. The number of nitrogens with zero attached hydrogens (tertiary/aromatic N) is 1. The van der Waals surface area contributed by atoms with Crippen LogP contribution in [0.5, 0.6) is 0 Å². The molecule has 1 saturated heterocycles. The lowest BCUT2D eigenvalue weighted by molar-refractivity contribution is 0.211. The summed E-state index contributed by atoms with van der Waals surface area (Å²) in [4.78, 5) is 1.99. The Labute approximate surface area is 43.6 Å². The molecule has 1 rings (SSSR count). The van der Waals surface area contributed by atoms with Crippen molar-refractivity contribution in [3.63, 3.8) is 0 Å². The standard InChI is InChI=1S/C5H10N2/c1-5-2-7(3-5)4-6/h4-6H,2-3H2,1H3. The second kappa shape index (κ2) is 1.52. The highest BCUT2D eigenvalue weighted by Crippen LogP contribution is 2.10. The average Bonchev–Trinajstić information content (AvgIpc) is 1.58. The van der Waals surface area contributed by atoms with Gasteiger partial charge in [0.05, 0.1) is 6.34 Å². The minimum atomic E-state index is 0.821. The van der Waals surface area contributed by atoms with E-state index in [-0.39, 0.29) is 0 Å². The summed E-state index contributed by atoms with van der Waals surface area (Å²) in [5, 5.41) is 6.75. The van der Waals surface area contributed by atoms with E-state index < -0.39 is 0 Å². The zero-order valence-electron chi connectivity index (χ0n) is 4.52. The fourth-order valence-electron chi connectivity index (χ4n) is 0.853. The molecule has 0 aliphatic carbocycles. The Bertz CT molecular complexity index is 74.1. The van der Waals surface area contributed by atoms with Crippen LogP contribution < -0.4 is 0 Å². The lowest BCUT2D eigenvalue weighted by atomic mass is 10.0. The Balaban J connectivity index is 2.17. The van der Waals surface area contributed by atoms with E-state index in [0.29, 0.717) is 0 Å². The van der Waals surface area contributed by atoms with E-state index in [0.717, 1.165) is 19.0 Å². The van der Waals surface area contributed by atoms with Crippen molar-refractivity contribution in [2.24, 2.45) is 5.92 Å². The summed E-state index contributed by atoms with van der Waals surface area (Å²) < 4.78 is 0. The van der Waals surface area contributed by atoms with Gasteiger partial charge in [-0.3, -0.25) is 5.41 Å². The lowest BCUT2D eigenvalue weighted by Crippen LogP contribution is -2.43. The van der Waals surface area contributed by atoms with Crippen LogP contribution in [0.3, 0.4) is 0 Å². The quantitative estimate of drug-likeness (QED) is 0.376. The third-order valence-corrected chi connectivity index (χ3v) is 1.27. The lowest BCUT2D eigenvalue weighted by Gasteiger charge is -2.34. The van der Waals surface area contributed by atoms with Gasteiger partial charge in [-0.05, 0) is 5.92 Å². The smallest absolute Gasteiger partial charge is 0.0817 e. The zero-order chi connectivity index (χ0) is 5.28. The van der Waals surface area contributed by atoms with Gasteiger partial charge in [0.2, 0.25) is 0 Å². The number of rotatable bonds is 1. The number of hydrogen-bond acceptors (Lipinski definition) is 1. The van der Waals surface area contributed by atoms with Crippen LogP contribution in [0.15, 0.2) is 0 Å². The Morgan fingerprint density at radius 2 is 2.29 bits per heavy atom. The fraction of sp³-hybridized carbons (Fsp3) is 0.800. The highest BCUT2D eigenvalue weighted by atomic mass is 15.2. The van der Waals surface area contributed by atoms with Gasteiger partial charge in [-0.25, -0.2) is 0 Å². The largest absolute Gasteiger partial charge is 0.362 e. The summed E-state index contributed by atoms with van der Waals surface area (Å²) in [6.07, 6.45) is 1.40. The van der Waals surface area contributed by atoms with Gasteiger partial charge >= 0.3 is 0 Å². The van der Waals surface area contributed by atoms with Gasteiger partial charge in [0, 0.05) is 13.1 Å². The van der Waals surface area contributed by atoms with Crippen molar-refractivity contribution in [2.75, 3.05) is 13.1 Å². The molecule has 1 fully saturated rings. The topological polar surface area (TPSA) is 27.1 Å². The molecule has 0 spiro atoms. The molecule has 40 valence electrons. The molecule has 0 amide bonds. The van der Waals surface area contributed by atoms with E-state index in [1.54, 1.807) is 0 Å². The Hall–Kier alpha value is -0.530. The molecular formula is C5H10N2. The van der Waals surface area contributed by atoms with Crippen LogP contribution in [0.4, 0.5) is 0 Å². The predicted octanol–water partition coefficient (Wildman–Crippen LogP) is 0.545. The monoisotopic (exact) mass is 98.1 g/mol. The van der Waals surface area contributed by atoms with Crippen LogP contribution in [0.2, 0.25) is 0 Å². The van der Waals surface area contributed by atoms with Crippen LogP contribution in [-0.4, -0.2) is 24.3 Å². The highest BCUT2D eigenvalue weighted by molar-refractivity contribution is 5.51. The molecule has 1 aliphatic rings. The first-order chi connectivity index (χ1) is 3.33. The second-order valence-corrected chi connectivity index (χ2v) is 2.19. The molecule has 7 heavy (non-hydrogen) atoms. The molecule has 2 nitrogen and oxygen atoms in total. The fourth-order valence-corrected chi connectivity index (χ4v) is 0.853. The third-order valence-electron chi connectivity index (χ3n) is 1.27. The van der Waals surface area contributed by atoms with Gasteiger partial charge in [0.1, 0.15) is 0 Å². The van der Waals surface area contributed by atoms with Gasteiger partial charge in [-0.15, -0.1) is 0 Å². The van der Waals surface area contributed by atoms with Crippen LogP contribution in [-0.2, 0) is 0 Å². The molecular weight excluding hydrogens is 88.1 g/mol. The van der Waals surface area contributed by atoms with Crippen molar-refractivity contribution in [1.82, 2.24) is 4.90 Å². The molecule has 0 unspecified atom stereocenters. The summed E-state index contributed by atoms with van der Waals surface area (Å²) in [6.45, 7) is 4.37. The molecule has 1 aliphatic heterocycles. The van der Waals surface area contributed by atoms with Crippen LogP contribution in [0.25, 0.3) is 0 Å². The van der Waals surface area contributed by atoms with E-state index in [1.165, 1.54) is 6.34 Å². The maximum absolute atomic E-state index is 6.75. The predicted molar refractivity (Wildman–Crippen MR) is 29.5 cm³/mol. The van der Waals surface area contributed by atoms with Gasteiger partial charge < -0.3 is 4.90 Å². The molecule has 0 atom stereocenters. The summed E-state index contributed by atoms with van der Waals surface area (Å²) in [7, 11) is 0. The van der Waals surface area contributed by atoms with Crippen molar-refractivity contribution in [3.05, 3.63) is 0 Å². The van der Waals surface area contributed by atoms with Gasteiger partial charge in [0.25, 0.3) is 0 Å². The number of likely N-dealkylation sites (tertiary alicyclic amines) is 1. The molecule has 2 heteroatoms. The summed E-state index contributed by atoms with van der Waals surface area (Å²) >= 11 is 0. The van der Waals surface area contributed by atoms with Gasteiger partial charge in [-0.1, -0.05) is 6.92 Å². The van der Waals surface area contributed by atoms with Crippen LogP contribution >= 0.6 is 0 Å². The molecule has 0 aromatic rings. The van der Waals surface area contributed by atoms with Gasteiger partial charge in [0.15, 0.2) is 0 Å². The van der Waals surface area contributed by atoms with Crippen molar-refractivity contribution in [3.8, 4) is 0 Å². The second-order valence-electron chi connectivity index (χ2n) is 2.19. The molecule has 0 saturated carbocycles. The molecule has 0 aromatic heterocycles. The van der Waals surface area contributed by atoms with Gasteiger partial charge in [-0.2, -0.15) is 0 Å². The van der Waals surface area contributed by atoms with Crippen molar-refractivity contribution in [1.29, 1.82) is 5.41 Å². The van der Waals surface area contributed by atoms with E-state index >= 15 is 0 Å². The van der Waals surface area contributed by atoms with Crippen LogP contribution in [0.1, 0.15) is 6.92 Å².